The van der Waals surface area contributed by atoms with Gasteiger partial charge in [0.15, 0.2) is 6.10 Å². The number of allylic oxidation sites excluding steroid dienone is 16. The number of carbonyl (C=O) groups is 3. The fourth-order valence-corrected chi connectivity index (χ4v) is 8.46. The van der Waals surface area contributed by atoms with E-state index >= 15 is 0 Å². The Morgan fingerprint density at radius 1 is 0.288 bits per heavy atom. The van der Waals surface area contributed by atoms with Gasteiger partial charge in [-0.2, -0.15) is 0 Å². The molecule has 0 aromatic carbocycles. The Morgan fingerprint density at radius 2 is 0.562 bits per heavy atom. The second-order valence-corrected chi connectivity index (χ2v) is 20.2. The first-order valence-corrected chi connectivity index (χ1v) is 30.7. The summed E-state index contributed by atoms with van der Waals surface area (Å²) in [4.78, 5) is 38.2. The molecule has 0 saturated carbocycles. The molecule has 1 atom stereocenters. The largest absolute Gasteiger partial charge is 0.462 e. The predicted octanol–water partition coefficient (Wildman–Crippen LogP) is 20.9. The van der Waals surface area contributed by atoms with E-state index in [0.717, 1.165) is 83.5 Å². The number of ether oxygens (including phenoxy) is 3. The Labute approximate surface area is 451 Å². The summed E-state index contributed by atoms with van der Waals surface area (Å²) in [6.07, 6.45) is 81.4. The van der Waals surface area contributed by atoms with Crippen molar-refractivity contribution in [1.82, 2.24) is 0 Å². The molecule has 0 aromatic heterocycles. The highest BCUT2D eigenvalue weighted by Crippen LogP contribution is 2.15. The molecule has 0 fully saturated rings. The van der Waals surface area contributed by atoms with Crippen LogP contribution in [-0.2, 0) is 28.6 Å². The van der Waals surface area contributed by atoms with Gasteiger partial charge in [-0.05, 0) is 109 Å². The van der Waals surface area contributed by atoms with Gasteiger partial charge in [-0.1, -0.05) is 259 Å². The van der Waals surface area contributed by atoms with Gasteiger partial charge in [-0.25, -0.2) is 0 Å². The fourth-order valence-electron chi connectivity index (χ4n) is 8.46. The van der Waals surface area contributed by atoms with Crippen LogP contribution < -0.4 is 0 Å². The van der Waals surface area contributed by atoms with Crippen LogP contribution in [0.2, 0.25) is 0 Å². The van der Waals surface area contributed by atoms with Crippen molar-refractivity contribution in [2.45, 2.75) is 297 Å². The van der Waals surface area contributed by atoms with Crippen LogP contribution in [0.5, 0.6) is 0 Å². The molecule has 418 valence electrons. The van der Waals surface area contributed by atoms with Crippen molar-refractivity contribution in [2.24, 2.45) is 0 Å². The molecule has 0 N–H and O–H groups in total. The predicted molar refractivity (Wildman–Crippen MR) is 316 cm³/mol. The first-order valence-electron chi connectivity index (χ1n) is 30.7. The van der Waals surface area contributed by atoms with E-state index < -0.39 is 6.10 Å². The summed E-state index contributed by atoms with van der Waals surface area (Å²) in [5, 5.41) is 0. The minimum absolute atomic E-state index is 0.104. The van der Waals surface area contributed by atoms with Crippen molar-refractivity contribution in [3.63, 3.8) is 0 Å². The summed E-state index contributed by atoms with van der Waals surface area (Å²) < 4.78 is 16.8. The number of hydrogen-bond donors (Lipinski definition) is 0. The van der Waals surface area contributed by atoms with Crippen LogP contribution in [0.1, 0.15) is 290 Å². The quantitative estimate of drug-likeness (QED) is 0.0261. The van der Waals surface area contributed by atoms with Gasteiger partial charge >= 0.3 is 17.9 Å². The van der Waals surface area contributed by atoms with Crippen molar-refractivity contribution in [1.29, 1.82) is 0 Å². The van der Waals surface area contributed by atoms with Gasteiger partial charge in [0.2, 0.25) is 0 Å². The zero-order chi connectivity index (χ0) is 52.9. The molecule has 1 unspecified atom stereocenters. The fraction of sp³-hybridized carbons (Fsp3) is 0.716. The van der Waals surface area contributed by atoms with E-state index in [4.69, 9.17) is 14.2 Å². The van der Waals surface area contributed by atoms with Gasteiger partial charge in [0.1, 0.15) is 13.2 Å². The Bertz CT molecular complexity index is 1440. The smallest absolute Gasteiger partial charge is 0.306 e. The molecule has 0 aliphatic heterocycles. The van der Waals surface area contributed by atoms with Gasteiger partial charge in [0.05, 0.1) is 0 Å². The van der Waals surface area contributed by atoms with Crippen LogP contribution in [0.3, 0.4) is 0 Å². The highest BCUT2D eigenvalue weighted by atomic mass is 16.6. The van der Waals surface area contributed by atoms with E-state index in [2.05, 4.69) is 112 Å². The number of unbranched alkanes of at least 4 members (excludes halogenated alkanes) is 28. The van der Waals surface area contributed by atoms with Gasteiger partial charge in [-0.3, -0.25) is 14.4 Å². The van der Waals surface area contributed by atoms with Crippen LogP contribution in [0.4, 0.5) is 0 Å². The SMILES string of the molecule is CC/C=C\C/C=C\C/C=C\C/C=C\CCC(=O)OCC(COC(=O)CCCCCCCCCC/C=C\C/C=C\C/C=C\CCCCCCC)OC(=O)CCCCCCCCCCC/C=C\CCCCCCCC. The average molecular weight is 1020 g/mol. The molecule has 0 spiro atoms. The van der Waals surface area contributed by atoms with Gasteiger partial charge in [0.25, 0.3) is 0 Å². The van der Waals surface area contributed by atoms with E-state index in [1.165, 1.54) is 161 Å². The maximum atomic E-state index is 12.9. The monoisotopic (exact) mass is 1010 g/mol. The van der Waals surface area contributed by atoms with Crippen LogP contribution in [0.15, 0.2) is 97.2 Å². The van der Waals surface area contributed by atoms with E-state index in [-0.39, 0.29) is 37.5 Å². The highest BCUT2D eigenvalue weighted by molar-refractivity contribution is 5.71. The van der Waals surface area contributed by atoms with Crippen LogP contribution in [-0.4, -0.2) is 37.2 Å². The normalized spacial score (nSPS) is 12.8. The lowest BCUT2D eigenvalue weighted by Crippen LogP contribution is -2.30. The molecule has 0 radical (unpaired) electrons. The minimum Gasteiger partial charge on any atom is -0.462 e. The number of rotatable bonds is 55. The molecule has 0 amide bonds. The third-order valence-electron chi connectivity index (χ3n) is 13.1. The average Bonchev–Trinajstić information content (AvgIpc) is 3.39. The lowest BCUT2D eigenvalue weighted by molar-refractivity contribution is -0.166. The molecular weight excluding hydrogens is 901 g/mol. The molecule has 6 heteroatoms. The van der Waals surface area contributed by atoms with Crippen LogP contribution in [0.25, 0.3) is 0 Å². The highest BCUT2D eigenvalue weighted by Gasteiger charge is 2.19. The second-order valence-electron chi connectivity index (χ2n) is 20.2. The number of hydrogen-bond acceptors (Lipinski definition) is 6. The van der Waals surface area contributed by atoms with Crippen LogP contribution >= 0.6 is 0 Å². The van der Waals surface area contributed by atoms with E-state index in [0.29, 0.717) is 19.3 Å². The molecule has 0 bridgehead atoms. The Hall–Kier alpha value is -3.67. The second kappa shape index (κ2) is 60.9. The lowest BCUT2D eigenvalue weighted by atomic mass is 10.1. The maximum absolute atomic E-state index is 12.9. The zero-order valence-corrected chi connectivity index (χ0v) is 47.9. The topological polar surface area (TPSA) is 78.9 Å². The molecule has 0 saturated heterocycles. The van der Waals surface area contributed by atoms with Crippen molar-refractivity contribution in [3.8, 4) is 0 Å². The van der Waals surface area contributed by atoms with Crippen molar-refractivity contribution < 1.29 is 28.6 Å². The standard InChI is InChI=1S/C67H114O6/c1-4-7-10-13-16-19-22-25-27-29-31-32-33-34-36-37-39-42-45-48-51-54-57-60-66(69)72-63-64(62-71-65(68)59-56-53-50-47-44-41-24-21-18-15-12-9-6-3)73-67(70)61-58-55-52-49-46-43-40-38-35-30-28-26-23-20-17-14-11-8-5-2/h9,12,18,21-22,25-26,28-29,31,33-34,41,44,50,53,64H,4-8,10-11,13-17,19-20,23-24,27,30,32,35-40,42-43,45-49,51-52,54-63H2,1-3H3/b12-9-,21-18-,25-22-,28-26-,31-29-,34-33-,44-41-,53-50-. The van der Waals surface area contributed by atoms with Crippen LogP contribution in [0, 0.1) is 0 Å². The Balaban J connectivity index is 4.40. The molecular formula is C67H114O6. The third-order valence-corrected chi connectivity index (χ3v) is 13.1. The zero-order valence-electron chi connectivity index (χ0n) is 47.9. The first kappa shape index (κ1) is 69.3. The van der Waals surface area contributed by atoms with Crippen molar-refractivity contribution in [3.05, 3.63) is 97.2 Å². The van der Waals surface area contributed by atoms with E-state index in [9.17, 15) is 14.4 Å². The van der Waals surface area contributed by atoms with Crippen molar-refractivity contribution in [2.75, 3.05) is 13.2 Å². The molecule has 73 heavy (non-hydrogen) atoms. The Morgan fingerprint density at radius 3 is 0.932 bits per heavy atom. The van der Waals surface area contributed by atoms with E-state index in [1.807, 2.05) is 6.08 Å². The molecule has 0 aliphatic carbocycles. The van der Waals surface area contributed by atoms with E-state index in [1.54, 1.807) is 0 Å². The first-order chi connectivity index (χ1) is 36.0. The summed E-state index contributed by atoms with van der Waals surface area (Å²) in [7, 11) is 0. The summed E-state index contributed by atoms with van der Waals surface area (Å²) in [5.74, 6) is -0.992. The summed E-state index contributed by atoms with van der Waals surface area (Å²) >= 11 is 0. The van der Waals surface area contributed by atoms with Gasteiger partial charge in [0, 0.05) is 19.3 Å². The minimum atomic E-state index is -0.812. The molecule has 0 heterocycles. The summed E-state index contributed by atoms with van der Waals surface area (Å²) in [6.45, 7) is 6.45. The molecule has 0 rings (SSSR count). The van der Waals surface area contributed by atoms with Gasteiger partial charge < -0.3 is 14.2 Å². The number of esters is 3. The van der Waals surface area contributed by atoms with Crippen molar-refractivity contribution >= 4 is 17.9 Å². The molecule has 6 nitrogen and oxygen atoms in total. The maximum Gasteiger partial charge on any atom is 0.306 e. The lowest BCUT2D eigenvalue weighted by Gasteiger charge is -2.18. The summed E-state index contributed by atoms with van der Waals surface area (Å²) in [6, 6.07) is 0. The molecule has 0 aliphatic rings. The summed E-state index contributed by atoms with van der Waals surface area (Å²) in [5.41, 5.74) is 0. The molecule has 0 aromatic rings. The third kappa shape index (κ3) is 59.1. The number of carbonyl (C=O) groups excluding carboxylic acids is 3. The van der Waals surface area contributed by atoms with Gasteiger partial charge in [-0.15, -0.1) is 0 Å². The Kier molecular flexibility index (Phi) is 57.8.